The largest absolute Gasteiger partial charge is 0.493 e. The van der Waals surface area contributed by atoms with E-state index in [1.54, 1.807) is 12.1 Å². The van der Waals surface area contributed by atoms with Gasteiger partial charge in [-0.25, -0.2) is 0 Å². The van der Waals surface area contributed by atoms with Crippen molar-refractivity contribution in [3.63, 3.8) is 0 Å². The molecule has 0 bridgehead atoms. The molecule has 0 aliphatic heterocycles. The van der Waals surface area contributed by atoms with Gasteiger partial charge in [0.1, 0.15) is 5.75 Å². The molecule has 3 heteroatoms. The summed E-state index contributed by atoms with van der Waals surface area (Å²) in [6, 6.07) is 5.48. The van der Waals surface area contributed by atoms with Crippen LogP contribution < -0.4 is 16.2 Å². The minimum atomic E-state index is 0.598. The summed E-state index contributed by atoms with van der Waals surface area (Å²) >= 11 is 0. The van der Waals surface area contributed by atoms with E-state index in [4.69, 9.17) is 16.2 Å². The summed E-state index contributed by atoms with van der Waals surface area (Å²) in [5.74, 6) is 1.55. The molecule has 0 atom stereocenters. The van der Waals surface area contributed by atoms with Gasteiger partial charge in [0, 0.05) is 6.07 Å². The Morgan fingerprint density at radius 3 is 2.50 bits per heavy atom. The lowest BCUT2D eigenvalue weighted by Gasteiger charge is -2.21. The topological polar surface area (TPSA) is 61.3 Å². The second kappa shape index (κ2) is 5.10. The molecule has 0 radical (unpaired) electrons. The van der Waals surface area contributed by atoms with Gasteiger partial charge in [0.15, 0.2) is 0 Å². The van der Waals surface area contributed by atoms with E-state index in [0.717, 1.165) is 12.4 Å². The van der Waals surface area contributed by atoms with E-state index >= 15 is 0 Å². The van der Waals surface area contributed by atoms with Crippen LogP contribution in [-0.2, 0) is 0 Å². The molecule has 16 heavy (non-hydrogen) atoms. The van der Waals surface area contributed by atoms with Crippen LogP contribution in [0.25, 0.3) is 0 Å². The second-order valence-electron chi connectivity index (χ2n) is 4.61. The summed E-state index contributed by atoms with van der Waals surface area (Å²) < 4.78 is 5.75. The summed E-state index contributed by atoms with van der Waals surface area (Å²) in [5, 5.41) is 0. The molecule has 2 rings (SSSR count). The monoisotopic (exact) mass is 220 g/mol. The maximum atomic E-state index is 5.75. The fourth-order valence-corrected chi connectivity index (χ4v) is 2.21. The number of ether oxygens (including phenoxy) is 1. The normalized spacial score (nSPS) is 17.2. The number of nitrogen functional groups attached to an aromatic ring is 2. The second-order valence-corrected chi connectivity index (χ2v) is 4.61. The first-order valence-corrected chi connectivity index (χ1v) is 6.03. The molecule has 0 unspecified atom stereocenters. The van der Waals surface area contributed by atoms with Gasteiger partial charge in [-0.05, 0) is 30.9 Å². The van der Waals surface area contributed by atoms with Crippen molar-refractivity contribution in [1.82, 2.24) is 0 Å². The summed E-state index contributed by atoms with van der Waals surface area (Å²) in [6.07, 6.45) is 6.66. The first-order chi connectivity index (χ1) is 7.75. The van der Waals surface area contributed by atoms with E-state index in [-0.39, 0.29) is 0 Å². The predicted octanol–water partition coefficient (Wildman–Crippen LogP) is 2.81. The van der Waals surface area contributed by atoms with Crippen molar-refractivity contribution in [1.29, 1.82) is 0 Å². The predicted molar refractivity (Wildman–Crippen MR) is 67.3 cm³/mol. The van der Waals surface area contributed by atoms with Gasteiger partial charge in [0.05, 0.1) is 18.0 Å². The molecule has 1 aliphatic rings. The molecule has 1 fully saturated rings. The molecule has 0 aromatic heterocycles. The summed E-state index contributed by atoms with van der Waals surface area (Å²) in [7, 11) is 0. The van der Waals surface area contributed by atoms with Gasteiger partial charge in [-0.1, -0.05) is 19.3 Å². The van der Waals surface area contributed by atoms with Crippen molar-refractivity contribution in [3.8, 4) is 5.75 Å². The van der Waals surface area contributed by atoms with Crippen LogP contribution in [0, 0.1) is 5.92 Å². The highest BCUT2D eigenvalue weighted by Crippen LogP contribution is 2.26. The Morgan fingerprint density at radius 1 is 1.06 bits per heavy atom. The summed E-state index contributed by atoms with van der Waals surface area (Å²) in [6.45, 7) is 0.809. The molecule has 3 nitrogen and oxygen atoms in total. The van der Waals surface area contributed by atoms with Crippen molar-refractivity contribution < 1.29 is 4.74 Å². The minimum absolute atomic E-state index is 0.598. The van der Waals surface area contributed by atoms with Crippen LogP contribution in [0.2, 0.25) is 0 Å². The van der Waals surface area contributed by atoms with Crippen LogP contribution in [-0.4, -0.2) is 6.61 Å². The lowest BCUT2D eigenvalue weighted by molar-refractivity contribution is 0.209. The Labute approximate surface area is 96.8 Å². The van der Waals surface area contributed by atoms with Gasteiger partial charge in [0.25, 0.3) is 0 Å². The van der Waals surface area contributed by atoms with Crippen LogP contribution >= 0.6 is 0 Å². The molecule has 0 amide bonds. The molecule has 1 aromatic rings. The molecule has 1 aromatic carbocycles. The maximum absolute atomic E-state index is 5.75. The molecular formula is C13H20N2O. The van der Waals surface area contributed by atoms with E-state index in [9.17, 15) is 0 Å². The van der Waals surface area contributed by atoms with Gasteiger partial charge in [-0.15, -0.1) is 0 Å². The van der Waals surface area contributed by atoms with Gasteiger partial charge in [-0.3, -0.25) is 0 Å². The number of anilines is 2. The Bertz CT molecular complexity index is 346. The van der Waals surface area contributed by atoms with E-state index in [0.29, 0.717) is 17.3 Å². The highest BCUT2D eigenvalue weighted by Gasteiger charge is 2.13. The van der Waals surface area contributed by atoms with Crippen LogP contribution in [0.4, 0.5) is 11.4 Å². The SMILES string of the molecule is Nc1ccc(OCC2CCCCC2)cc1N. The van der Waals surface area contributed by atoms with Crippen molar-refractivity contribution in [2.24, 2.45) is 5.92 Å². The zero-order valence-electron chi connectivity index (χ0n) is 9.61. The van der Waals surface area contributed by atoms with E-state index in [1.807, 2.05) is 6.07 Å². The highest BCUT2D eigenvalue weighted by molar-refractivity contribution is 5.65. The molecule has 0 saturated heterocycles. The Hall–Kier alpha value is -1.38. The zero-order chi connectivity index (χ0) is 11.4. The van der Waals surface area contributed by atoms with E-state index < -0.39 is 0 Å². The first-order valence-electron chi connectivity index (χ1n) is 6.03. The quantitative estimate of drug-likeness (QED) is 0.770. The third-order valence-electron chi connectivity index (χ3n) is 3.27. The number of hydrogen-bond donors (Lipinski definition) is 2. The minimum Gasteiger partial charge on any atom is -0.493 e. The first kappa shape index (κ1) is 11.1. The number of nitrogens with two attached hydrogens (primary N) is 2. The number of rotatable bonds is 3. The maximum Gasteiger partial charge on any atom is 0.121 e. The lowest BCUT2D eigenvalue weighted by Crippen LogP contribution is -2.15. The fraction of sp³-hybridized carbons (Fsp3) is 0.538. The smallest absolute Gasteiger partial charge is 0.121 e. The molecule has 1 aliphatic carbocycles. The molecule has 4 N–H and O–H groups in total. The van der Waals surface area contributed by atoms with Gasteiger partial charge in [-0.2, -0.15) is 0 Å². The van der Waals surface area contributed by atoms with Gasteiger partial charge >= 0.3 is 0 Å². The molecule has 88 valence electrons. The van der Waals surface area contributed by atoms with Crippen LogP contribution in [0.5, 0.6) is 5.75 Å². The summed E-state index contributed by atoms with van der Waals surface area (Å²) in [4.78, 5) is 0. The van der Waals surface area contributed by atoms with Crippen molar-refractivity contribution in [3.05, 3.63) is 18.2 Å². The van der Waals surface area contributed by atoms with E-state index in [1.165, 1.54) is 32.1 Å². The summed E-state index contributed by atoms with van der Waals surface area (Å²) in [5.41, 5.74) is 12.6. The third-order valence-corrected chi connectivity index (χ3v) is 3.27. The lowest BCUT2D eigenvalue weighted by atomic mass is 9.90. The molecule has 1 saturated carbocycles. The molecular weight excluding hydrogens is 200 g/mol. The molecule has 0 heterocycles. The van der Waals surface area contributed by atoms with Crippen LogP contribution in [0.3, 0.4) is 0 Å². The standard InChI is InChI=1S/C13H20N2O/c14-12-7-6-11(8-13(12)15)16-9-10-4-2-1-3-5-10/h6-8,10H,1-5,9,14-15H2. The van der Waals surface area contributed by atoms with Crippen molar-refractivity contribution >= 4 is 11.4 Å². The highest BCUT2D eigenvalue weighted by atomic mass is 16.5. The van der Waals surface area contributed by atoms with Crippen molar-refractivity contribution in [2.75, 3.05) is 18.1 Å². The number of hydrogen-bond acceptors (Lipinski definition) is 3. The van der Waals surface area contributed by atoms with Crippen LogP contribution in [0.15, 0.2) is 18.2 Å². The fourth-order valence-electron chi connectivity index (χ4n) is 2.21. The zero-order valence-corrected chi connectivity index (χ0v) is 9.61. The average Bonchev–Trinajstić information content (AvgIpc) is 2.32. The third kappa shape index (κ3) is 2.81. The van der Waals surface area contributed by atoms with E-state index in [2.05, 4.69) is 0 Å². The average molecular weight is 220 g/mol. The Balaban J connectivity index is 1.86. The van der Waals surface area contributed by atoms with Crippen molar-refractivity contribution in [2.45, 2.75) is 32.1 Å². The van der Waals surface area contributed by atoms with Gasteiger partial charge < -0.3 is 16.2 Å². The Morgan fingerprint density at radius 2 is 1.81 bits per heavy atom. The van der Waals surface area contributed by atoms with Crippen LogP contribution in [0.1, 0.15) is 32.1 Å². The number of benzene rings is 1. The van der Waals surface area contributed by atoms with Gasteiger partial charge in [0.2, 0.25) is 0 Å². The Kier molecular flexibility index (Phi) is 3.54. The molecule has 0 spiro atoms.